The number of hydrogen-bond donors (Lipinski definition) is 1. The molecule has 0 aliphatic rings. The third-order valence-electron chi connectivity index (χ3n) is 2.56. The Kier molecular flexibility index (Phi) is 3.66. The molecule has 1 heterocycles. The second-order valence-electron chi connectivity index (χ2n) is 5.18. The minimum Gasteiger partial charge on any atom is -0.508 e. The summed E-state index contributed by atoms with van der Waals surface area (Å²) in [6.07, 6.45) is 3.31. The predicted octanol–water partition coefficient (Wildman–Crippen LogP) is 2.86. The molecule has 0 saturated carbocycles. The monoisotopic (exact) mass is 276 g/mol. The molecule has 0 atom stereocenters. The molecule has 2 rings (SSSR count). The van der Waals surface area contributed by atoms with Crippen LogP contribution in [0, 0.1) is 0 Å². The zero-order valence-corrected chi connectivity index (χ0v) is 11.9. The van der Waals surface area contributed by atoms with E-state index in [0.29, 0.717) is 5.03 Å². The second-order valence-corrected chi connectivity index (χ2v) is 6.24. The van der Waals surface area contributed by atoms with Crippen molar-refractivity contribution in [3.05, 3.63) is 47.0 Å². The van der Waals surface area contributed by atoms with Crippen LogP contribution in [0.4, 0.5) is 0 Å². The Morgan fingerprint density at radius 2 is 2.05 bits per heavy atom. The van der Waals surface area contributed by atoms with Crippen molar-refractivity contribution in [3.8, 4) is 5.75 Å². The number of rotatable bonds is 2. The minimum absolute atomic E-state index is 0.122. The molecule has 0 aliphatic carbocycles. The smallest absolute Gasteiger partial charge is 0.283 e. The fourth-order valence-corrected chi connectivity index (χ4v) is 2.50. The highest BCUT2D eigenvalue weighted by atomic mass is 32.2. The number of phenols is 1. The molecular weight excluding hydrogens is 260 g/mol. The highest BCUT2D eigenvalue weighted by molar-refractivity contribution is 7.99. The Labute approximate surface area is 116 Å². The quantitative estimate of drug-likeness (QED) is 0.916. The van der Waals surface area contributed by atoms with Crippen LogP contribution in [0.25, 0.3) is 0 Å². The summed E-state index contributed by atoms with van der Waals surface area (Å²) in [5.41, 5.74) is -0.405. The Hall–Kier alpha value is -1.75. The summed E-state index contributed by atoms with van der Waals surface area (Å²) in [6.45, 7) is 5.91. The van der Waals surface area contributed by atoms with Gasteiger partial charge in [-0.2, -0.15) is 0 Å². The van der Waals surface area contributed by atoms with E-state index < -0.39 is 0 Å². The molecule has 0 radical (unpaired) electrons. The van der Waals surface area contributed by atoms with Crippen LogP contribution in [0.3, 0.4) is 0 Å². The molecule has 0 amide bonds. The number of hydrogen-bond acceptors (Lipinski definition) is 4. The number of nitrogens with zero attached hydrogens (tertiary/aromatic N) is 2. The van der Waals surface area contributed by atoms with Crippen molar-refractivity contribution in [1.82, 2.24) is 9.55 Å². The van der Waals surface area contributed by atoms with Crippen LogP contribution in [0.15, 0.2) is 51.4 Å². The fraction of sp³-hybridized carbons (Fsp3) is 0.286. The van der Waals surface area contributed by atoms with Gasteiger partial charge < -0.3 is 9.67 Å². The van der Waals surface area contributed by atoms with Crippen molar-refractivity contribution in [2.75, 3.05) is 0 Å². The first-order valence-corrected chi connectivity index (χ1v) is 6.74. The van der Waals surface area contributed by atoms with Crippen molar-refractivity contribution in [2.45, 2.75) is 36.2 Å². The van der Waals surface area contributed by atoms with Gasteiger partial charge in [0.1, 0.15) is 5.75 Å². The van der Waals surface area contributed by atoms with Gasteiger partial charge in [-0.05, 0) is 39.0 Å². The Morgan fingerprint density at radius 3 is 2.68 bits per heavy atom. The van der Waals surface area contributed by atoms with Gasteiger partial charge in [-0.15, -0.1) is 0 Å². The molecule has 19 heavy (non-hydrogen) atoms. The van der Waals surface area contributed by atoms with E-state index in [-0.39, 0.29) is 16.8 Å². The normalized spacial score (nSPS) is 11.5. The van der Waals surface area contributed by atoms with Gasteiger partial charge in [0.05, 0.1) is 0 Å². The van der Waals surface area contributed by atoms with Gasteiger partial charge in [-0.25, -0.2) is 4.98 Å². The molecule has 1 N–H and O–H groups in total. The first-order chi connectivity index (χ1) is 8.88. The lowest BCUT2D eigenvalue weighted by atomic mass is 10.1. The zero-order valence-electron chi connectivity index (χ0n) is 11.1. The van der Waals surface area contributed by atoms with Crippen molar-refractivity contribution in [3.63, 3.8) is 0 Å². The van der Waals surface area contributed by atoms with Gasteiger partial charge >= 0.3 is 0 Å². The Bertz CT molecular complexity index is 644. The lowest BCUT2D eigenvalue weighted by molar-refractivity contribution is 0.377. The summed E-state index contributed by atoms with van der Waals surface area (Å²) in [7, 11) is 0. The van der Waals surface area contributed by atoms with Gasteiger partial charge in [-0.3, -0.25) is 4.79 Å². The van der Waals surface area contributed by atoms with E-state index in [2.05, 4.69) is 4.98 Å². The summed E-state index contributed by atoms with van der Waals surface area (Å²) >= 11 is 1.25. The van der Waals surface area contributed by atoms with Gasteiger partial charge in [0, 0.05) is 22.8 Å². The van der Waals surface area contributed by atoms with Gasteiger partial charge in [-0.1, -0.05) is 17.8 Å². The second kappa shape index (κ2) is 5.09. The zero-order chi connectivity index (χ0) is 14.0. The van der Waals surface area contributed by atoms with E-state index in [1.807, 2.05) is 26.8 Å². The molecular formula is C14H16N2O2S. The molecule has 4 nitrogen and oxygen atoms in total. The van der Waals surface area contributed by atoms with Crippen molar-refractivity contribution >= 4 is 11.8 Å². The number of aromatic nitrogens is 2. The van der Waals surface area contributed by atoms with Crippen LogP contribution in [0.2, 0.25) is 0 Å². The molecule has 0 unspecified atom stereocenters. The van der Waals surface area contributed by atoms with E-state index in [1.165, 1.54) is 11.8 Å². The van der Waals surface area contributed by atoms with Crippen molar-refractivity contribution < 1.29 is 5.11 Å². The highest BCUT2D eigenvalue weighted by Gasteiger charge is 2.17. The third-order valence-corrected chi connectivity index (χ3v) is 3.53. The first kappa shape index (κ1) is 13.7. The molecule has 2 aromatic rings. The fourth-order valence-electron chi connectivity index (χ4n) is 1.65. The molecule has 0 fully saturated rings. The standard InChI is InChI=1S/C14H16N2O2S/c1-14(2,3)16-8-7-15-12(13(16)18)19-11-6-4-5-10(17)9-11/h4-9,17H,1-3H3. The van der Waals surface area contributed by atoms with E-state index >= 15 is 0 Å². The van der Waals surface area contributed by atoms with E-state index in [1.54, 1.807) is 35.2 Å². The number of phenolic OH excluding ortho intramolecular Hbond substituents is 1. The summed E-state index contributed by atoms with van der Waals surface area (Å²) in [5.74, 6) is 0.178. The minimum atomic E-state index is -0.284. The maximum Gasteiger partial charge on any atom is 0.283 e. The van der Waals surface area contributed by atoms with Crippen molar-refractivity contribution in [2.24, 2.45) is 0 Å². The van der Waals surface area contributed by atoms with E-state index in [4.69, 9.17) is 0 Å². The molecule has 0 aliphatic heterocycles. The summed E-state index contributed by atoms with van der Waals surface area (Å²) in [4.78, 5) is 17.2. The molecule has 0 spiro atoms. The third kappa shape index (κ3) is 3.17. The average molecular weight is 276 g/mol. The van der Waals surface area contributed by atoms with Gasteiger partial charge in [0.15, 0.2) is 5.03 Å². The van der Waals surface area contributed by atoms with Crippen LogP contribution in [0.5, 0.6) is 5.75 Å². The maximum absolute atomic E-state index is 12.3. The molecule has 0 saturated heterocycles. The van der Waals surface area contributed by atoms with Crippen molar-refractivity contribution in [1.29, 1.82) is 0 Å². The summed E-state index contributed by atoms with van der Waals surface area (Å²) < 4.78 is 1.66. The lowest BCUT2D eigenvalue weighted by Gasteiger charge is -2.22. The molecule has 100 valence electrons. The summed E-state index contributed by atoms with van der Waals surface area (Å²) in [5, 5.41) is 9.83. The molecule has 0 bridgehead atoms. The SMILES string of the molecule is CC(C)(C)n1ccnc(Sc2cccc(O)c2)c1=O. The maximum atomic E-state index is 12.3. The number of benzene rings is 1. The molecule has 1 aromatic carbocycles. The van der Waals surface area contributed by atoms with E-state index in [0.717, 1.165) is 4.90 Å². The highest BCUT2D eigenvalue weighted by Crippen LogP contribution is 2.26. The summed E-state index contributed by atoms with van der Waals surface area (Å²) in [6, 6.07) is 6.78. The lowest BCUT2D eigenvalue weighted by Crippen LogP contribution is -2.34. The van der Waals surface area contributed by atoms with Crippen LogP contribution < -0.4 is 5.56 Å². The molecule has 1 aromatic heterocycles. The Morgan fingerprint density at radius 1 is 1.32 bits per heavy atom. The van der Waals surface area contributed by atoms with Crippen LogP contribution in [-0.2, 0) is 5.54 Å². The van der Waals surface area contributed by atoms with E-state index in [9.17, 15) is 9.90 Å². The predicted molar refractivity (Wildman–Crippen MR) is 75.7 cm³/mol. The number of aromatic hydroxyl groups is 1. The van der Waals surface area contributed by atoms with Gasteiger partial charge in [0.2, 0.25) is 0 Å². The topological polar surface area (TPSA) is 55.1 Å². The molecule has 5 heteroatoms. The van der Waals surface area contributed by atoms with Crippen LogP contribution in [0.1, 0.15) is 20.8 Å². The Balaban J connectivity index is 2.40. The largest absolute Gasteiger partial charge is 0.508 e. The van der Waals surface area contributed by atoms with Crippen LogP contribution in [-0.4, -0.2) is 14.7 Å². The average Bonchev–Trinajstić information content (AvgIpc) is 2.30. The van der Waals surface area contributed by atoms with Crippen LogP contribution >= 0.6 is 11.8 Å². The first-order valence-electron chi connectivity index (χ1n) is 5.93. The van der Waals surface area contributed by atoms with Gasteiger partial charge in [0.25, 0.3) is 5.56 Å².